The van der Waals surface area contributed by atoms with E-state index >= 15 is 0 Å². The number of aromatic nitrogens is 1. The monoisotopic (exact) mass is 547 g/mol. The quantitative estimate of drug-likeness (QED) is 0.322. The van der Waals surface area contributed by atoms with Crippen molar-refractivity contribution in [2.24, 2.45) is 7.05 Å². The number of methoxy groups -OCH3 is 2. The molecular formula is C30H29NO9. The first-order valence-corrected chi connectivity index (χ1v) is 12.7. The molecule has 0 radical (unpaired) electrons. The molecule has 2 aliphatic rings. The van der Waals surface area contributed by atoms with Gasteiger partial charge in [-0.15, -0.1) is 0 Å². The molecule has 10 nitrogen and oxygen atoms in total. The smallest absolute Gasteiger partial charge is 0.201 e. The maximum atomic E-state index is 13.7. The third-order valence-electron chi connectivity index (χ3n) is 7.42. The summed E-state index contributed by atoms with van der Waals surface area (Å²) >= 11 is 0. The summed E-state index contributed by atoms with van der Waals surface area (Å²) in [5, 5.41) is 32.1. The molecule has 0 unspecified atom stereocenters. The molecule has 0 spiro atoms. The molecule has 4 aromatic rings. The van der Waals surface area contributed by atoms with Gasteiger partial charge < -0.3 is 43.6 Å². The molecule has 208 valence electrons. The summed E-state index contributed by atoms with van der Waals surface area (Å²) in [4.78, 5) is 13.7. The van der Waals surface area contributed by atoms with E-state index in [-0.39, 0.29) is 39.6 Å². The van der Waals surface area contributed by atoms with E-state index in [1.54, 1.807) is 35.9 Å². The van der Waals surface area contributed by atoms with Crippen LogP contribution in [0.25, 0.3) is 27.9 Å². The number of fused-ring (bicyclic) bond motifs is 6. The number of aryl methyl sites for hydroxylation is 1. The van der Waals surface area contributed by atoms with Gasteiger partial charge >= 0.3 is 0 Å². The van der Waals surface area contributed by atoms with Crippen molar-refractivity contribution >= 4 is 27.9 Å². The summed E-state index contributed by atoms with van der Waals surface area (Å²) in [6.07, 6.45) is 2.13. The topological polar surface area (TPSA) is 129 Å². The summed E-state index contributed by atoms with van der Waals surface area (Å²) in [5.74, 6) is 1.10. The number of aliphatic hydroxyl groups is 1. The van der Waals surface area contributed by atoms with Gasteiger partial charge in [0.25, 0.3) is 0 Å². The Morgan fingerprint density at radius 3 is 2.35 bits per heavy atom. The average molecular weight is 548 g/mol. The molecule has 2 aliphatic heterocycles. The molecule has 3 heterocycles. The number of hydrogen-bond donors (Lipinski definition) is 3. The third kappa shape index (κ3) is 3.70. The van der Waals surface area contributed by atoms with Gasteiger partial charge in [0, 0.05) is 24.2 Å². The number of benzene rings is 3. The lowest BCUT2D eigenvalue weighted by Crippen LogP contribution is -2.36. The SMILES string of the molecule is COc1cc([C@H]2Oc3ccc4c(=O)c5c(O)cc6c(c5n(C)c4c3O[C@H]2CO)C=CC(C)(C)O6)cc(OC)c1O. The third-order valence-corrected chi connectivity index (χ3v) is 7.42. The maximum Gasteiger partial charge on any atom is 0.201 e. The van der Waals surface area contributed by atoms with Gasteiger partial charge in [0.2, 0.25) is 11.2 Å². The van der Waals surface area contributed by atoms with E-state index < -0.39 is 24.4 Å². The van der Waals surface area contributed by atoms with Crippen LogP contribution in [-0.2, 0) is 7.05 Å². The van der Waals surface area contributed by atoms with Gasteiger partial charge in [0.05, 0.1) is 42.6 Å². The van der Waals surface area contributed by atoms with Crippen molar-refractivity contribution < 1.29 is 39.0 Å². The van der Waals surface area contributed by atoms with E-state index in [1.165, 1.54) is 20.3 Å². The predicted molar refractivity (Wildman–Crippen MR) is 148 cm³/mol. The fourth-order valence-corrected chi connectivity index (χ4v) is 5.51. The first kappa shape index (κ1) is 25.7. The van der Waals surface area contributed by atoms with Crippen LogP contribution in [0.15, 0.2) is 41.2 Å². The van der Waals surface area contributed by atoms with Gasteiger partial charge in [-0.05, 0) is 50.3 Å². The molecule has 0 bridgehead atoms. The van der Waals surface area contributed by atoms with E-state index in [2.05, 4.69) is 0 Å². The Kier molecular flexibility index (Phi) is 5.77. The number of aromatic hydroxyl groups is 2. The second-order valence-electron chi connectivity index (χ2n) is 10.4. The van der Waals surface area contributed by atoms with E-state index in [0.29, 0.717) is 39.0 Å². The first-order chi connectivity index (χ1) is 19.1. The Morgan fingerprint density at radius 1 is 1.00 bits per heavy atom. The van der Waals surface area contributed by atoms with Crippen molar-refractivity contribution in [1.82, 2.24) is 4.57 Å². The summed E-state index contributed by atoms with van der Waals surface area (Å²) in [5.41, 5.74) is 1.17. The van der Waals surface area contributed by atoms with Crippen LogP contribution in [0.4, 0.5) is 0 Å². The number of phenolic OH excluding ortho intramolecular Hbond substituents is 2. The summed E-state index contributed by atoms with van der Waals surface area (Å²) in [6, 6.07) is 7.91. The molecule has 6 rings (SSSR count). The number of pyridine rings is 1. The van der Waals surface area contributed by atoms with E-state index in [4.69, 9.17) is 23.7 Å². The molecule has 3 aromatic carbocycles. The zero-order valence-electron chi connectivity index (χ0n) is 22.6. The lowest BCUT2D eigenvalue weighted by molar-refractivity contribution is -0.0114. The highest BCUT2D eigenvalue weighted by atomic mass is 16.6. The van der Waals surface area contributed by atoms with Gasteiger partial charge in [-0.1, -0.05) is 0 Å². The van der Waals surface area contributed by atoms with Crippen molar-refractivity contribution in [3.05, 3.63) is 57.8 Å². The largest absolute Gasteiger partial charge is 0.507 e. The van der Waals surface area contributed by atoms with Crippen LogP contribution < -0.4 is 29.1 Å². The molecule has 0 amide bonds. The molecule has 10 heteroatoms. The highest BCUT2D eigenvalue weighted by molar-refractivity contribution is 6.04. The molecule has 2 atom stereocenters. The van der Waals surface area contributed by atoms with Crippen LogP contribution in [0, 0.1) is 0 Å². The van der Waals surface area contributed by atoms with Gasteiger partial charge in [0.15, 0.2) is 35.2 Å². The summed E-state index contributed by atoms with van der Waals surface area (Å²) < 4.78 is 31.1. The van der Waals surface area contributed by atoms with Crippen LogP contribution >= 0.6 is 0 Å². The predicted octanol–water partition coefficient (Wildman–Crippen LogP) is 4.18. The van der Waals surface area contributed by atoms with Crippen molar-refractivity contribution in [2.75, 3.05) is 20.8 Å². The summed E-state index contributed by atoms with van der Waals surface area (Å²) in [6.45, 7) is 3.40. The van der Waals surface area contributed by atoms with E-state index in [1.807, 2.05) is 26.0 Å². The van der Waals surface area contributed by atoms with E-state index in [9.17, 15) is 20.1 Å². The minimum absolute atomic E-state index is 0.160. The molecule has 0 aliphatic carbocycles. The van der Waals surface area contributed by atoms with Crippen molar-refractivity contribution in [2.45, 2.75) is 31.7 Å². The Balaban J connectivity index is 1.58. The Labute approximate surface area is 229 Å². The zero-order chi connectivity index (χ0) is 28.5. The second kappa shape index (κ2) is 8.99. The fourth-order valence-electron chi connectivity index (χ4n) is 5.51. The van der Waals surface area contributed by atoms with Crippen molar-refractivity contribution in [1.29, 1.82) is 0 Å². The minimum atomic E-state index is -0.870. The van der Waals surface area contributed by atoms with Crippen LogP contribution in [0.1, 0.15) is 31.1 Å². The molecule has 40 heavy (non-hydrogen) atoms. The van der Waals surface area contributed by atoms with Gasteiger partial charge in [0.1, 0.15) is 17.1 Å². The second-order valence-corrected chi connectivity index (χ2v) is 10.4. The average Bonchev–Trinajstić information content (AvgIpc) is 2.93. The number of ether oxygens (including phenoxy) is 5. The number of hydrogen-bond acceptors (Lipinski definition) is 9. The van der Waals surface area contributed by atoms with Crippen LogP contribution in [-0.4, -0.2) is 52.4 Å². The zero-order valence-corrected chi connectivity index (χ0v) is 22.6. The van der Waals surface area contributed by atoms with Crippen molar-refractivity contribution in [3.63, 3.8) is 0 Å². The van der Waals surface area contributed by atoms with Gasteiger partial charge in [-0.2, -0.15) is 0 Å². The number of phenols is 2. The molecule has 1 aromatic heterocycles. The highest BCUT2D eigenvalue weighted by Crippen LogP contribution is 2.48. The van der Waals surface area contributed by atoms with Crippen molar-refractivity contribution in [3.8, 4) is 40.2 Å². The molecule has 3 N–H and O–H groups in total. The Hall–Kier alpha value is -4.57. The molecule has 0 fully saturated rings. The number of aliphatic hydroxyl groups excluding tert-OH is 1. The highest BCUT2D eigenvalue weighted by Gasteiger charge is 2.36. The lowest BCUT2D eigenvalue weighted by Gasteiger charge is -2.34. The van der Waals surface area contributed by atoms with E-state index in [0.717, 1.165) is 0 Å². The van der Waals surface area contributed by atoms with Gasteiger partial charge in [-0.3, -0.25) is 4.79 Å². The molecular weight excluding hydrogens is 518 g/mol. The normalized spacial score (nSPS) is 18.9. The lowest BCUT2D eigenvalue weighted by atomic mass is 9.97. The Morgan fingerprint density at radius 2 is 1.70 bits per heavy atom. The molecule has 0 saturated heterocycles. The first-order valence-electron chi connectivity index (χ1n) is 12.7. The number of rotatable bonds is 4. The Bertz CT molecular complexity index is 1760. The van der Waals surface area contributed by atoms with Crippen LogP contribution in [0.5, 0.6) is 40.2 Å². The van der Waals surface area contributed by atoms with Crippen LogP contribution in [0.2, 0.25) is 0 Å². The standard InChI is InChI=1S/C30H29NO9/c1-30(2)9-8-15-19(40-30)12-17(33)23-24(15)31(3)25-16(26(23)34)6-7-18-29(25)39-22(13-32)28(38-18)14-10-20(36-4)27(35)21(11-14)37-5/h6-12,22,28,32-33,35H,13H2,1-5H3/t22-,28+/m0/s1. The molecule has 0 saturated carbocycles. The minimum Gasteiger partial charge on any atom is -0.507 e. The maximum absolute atomic E-state index is 13.7. The summed E-state index contributed by atoms with van der Waals surface area (Å²) in [7, 11) is 4.62. The fraction of sp³-hybridized carbons (Fsp3) is 0.300. The van der Waals surface area contributed by atoms with Gasteiger partial charge in [-0.25, -0.2) is 0 Å². The number of nitrogens with zero attached hydrogens (tertiary/aromatic N) is 1. The van der Waals surface area contributed by atoms with Crippen LogP contribution in [0.3, 0.4) is 0 Å².